The molecule has 0 bridgehead atoms. The number of unbranched alkanes of at least 4 members (excludes halogenated alkanes) is 2. The topological polar surface area (TPSA) is 74.8 Å². The number of rotatable bonds is 18. The van der Waals surface area contributed by atoms with Gasteiger partial charge in [0.1, 0.15) is 24.1 Å². The van der Waals surface area contributed by atoms with Crippen molar-refractivity contribution in [3.05, 3.63) is 263 Å². The second-order valence-corrected chi connectivity index (χ2v) is 20.6. The van der Waals surface area contributed by atoms with Crippen molar-refractivity contribution in [2.75, 3.05) is 20.4 Å². The molecule has 2 aromatic heterocycles. The summed E-state index contributed by atoms with van der Waals surface area (Å²) < 4.78 is 35.6. The first kappa shape index (κ1) is 56.6. The van der Waals surface area contributed by atoms with Crippen molar-refractivity contribution >= 4 is 92.6 Å². The number of alkyl halides is 1. The first-order valence-corrected chi connectivity index (χ1v) is 28.3. The molecule has 10 aromatic carbocycles. The summed E-state index contributed by atoms with van der Waals surface area (Å²) in [5.41, 5.74) is 16.1. The van der Waals surface area contributed by atoms with Gasteiger partial charge in [-0.05, 0) is 193 Å². The number of nitrogens with zero attached hydrogens (tertiary/aromatic N) is 3. The Balaban J connectivity index is 0.000000183. The Bertz CT molecular complexity index is 4050. The average molecular weight is 1160 g/mol. The molecule has 82 heavy (non-hydrogen) atoms. The Labute approximate surface area is 495 Å². The van der Waals surface area contributed by atoms with Crippen LogP contribution in [0.25, 0.3) is 77.2 Å². The van der Waals surface area contributed by atoms with Crippen molar-refractivity contribution in [1.82, 2.24) is 9.13 Å². The van der Waals surface area contributed by atoms with Crippen LogP contribution in [0.2, 0.25) is 0 Å². The van der Waals surface area contributed by atoms with E-state index in [9.17, 15) is 14.0 Å². The molecule has 0 fully saturated rings. The van der Waals surface area contributed by atoms with Gasteiger partial charge in [-0.2, -0.15) is 0 Å². The van der Waals surface area contributed by atoms with Gasteiger partial charge in [-0.25, -0.2) is 0 Å². The second kappa shape index (κ2) is 29.2. The molecule has 0 aliphatic rings. The zero-order valence-corrected chi connectivity index (χ0v) is 47.8. The summed E-state index contributed by atoms with van der Waals surface area (Å²) in [6.07, 6.45) is 7.83. The summed E-state index contributed by atoms with van der Waals surface area (Å²) in [5, 5.41) is 5.03. The van der Waals surface area contributed by atoms with Gasteiger partial charge in [-0.1, -0.05) is 131 Å². The number of aromatic nitrogens is 2. The van der Waals surface area contributed by atoms with Crippen molar-refractivity contribution in [3.8, 4) is 45.1 Å². The first-order chi connectivity index (χ1) is 40.8. The van der Waals surface area contributed by atoms with Crippen molar-refractivity contribution in [1.29, 1.82) is 0 Å². The predicted octanol–water partition coefficient (Wildman–Crippen LogP) is 18.9. The first-order valence-electron chi connectivity index (χ1n) is 27.9. The van der Waals surface area contributed by atoms with Gasteiger partial charge in [0, 0.05) is 48.5 Å². The van der Waals surface area contributed by atoms with E-state index in [1.165, 1.54) is 82.7 Å². The molecule has 7 nitrogen and oxygen atoms in total. The maximum atomic E-state index is 10.8. The van der Waals surface area contributed by atoms with E-state index < -0.39 is 7.15 Å². The third kappa shape index (κ3) is 14.3. The number of carbonyl (C=O) groups excluding carboxylic acids is 2. The number of aldehydes is 2. The van der Waals surface area contributed by atoms with Gasteiger partial charge in [-0.3, -0.25) is 14.0 Å². The van der Waals surface area contributed by atoms with Crippen LogP contribution in [0.1, 0.15) is 58.9 Å². The Morgan fingerprint density at radius 1 is 0.476 bits per heavy atom. The van der Waals surface area contributed by atoms with E-state index in [0.29, 0.717) is 24.3 Å². The van der Waals surface area contributed by atoms with E-state index in [1.807, 2.05) is 24.3 Å². The fraction of sp³-hybridized carbons (Fsp3) is 0.127. The molecule has 12 aromatic rings. The number of ether oxygens (including phenoxy) is 2. The molecule has 0 aliphatic carbocycles. The molecule has 0 aliphatic heterocycles. The van der Waals surface area contributed by atoms with Crippen LogP contribution in [0.15, 0.2) is 245 Å². The normalized spacial score (nSPS) is 10.9. The third-order valence-corrected chi connectivity index (χ3v) is 14.8. The monoisotopic (exact) mass is 1160 g/mol. The average Bonchev–Trinajstić information content (AvgIpc) is 3.52. The van der Waals surface area contributed by atoms with Crippen LogP contribution in [0, 0.1) is 0 Å². The fourth-order valence-corrected chi connectivity index (χ4v) is 10.7. The molecule has 0 saturated heterocycles. The molecular formula is C71H61BBrFN3O4S. The van der Waals surface area contributed by atoms with Crippen molar-refractivity contribution < 1.29 is 24.8 Å². The number of thiol groups is 1. The van der Waals surface area contributed by atoms with Gasteiger partial charge in [0.2, 0.25) is 0 Å². The summed E-state index contributed by atoms with van der Waals surface area (Å²) in [4.78, 5) is 21.5. The number of fused-ring (bicyclic) bond motifs is 6. The molecule has 0 unspecified atom stereocenters. The zero-order chi connectivity index (χ0) is 57.8. The number of hydrogen-bond donors (Lipinski definition) is 1. The summed E-state index contributed by atoms with van der Waals surface area (Å²) in [7, 11) is 3.34. The van der Waals surface area contributed by atoms with Gasteiger partial charge in [-0.15, -0.1) is 0 Å². The SMILES string of the molecule is O=Cc1ccc(OCCCCc2ccc(-c3ccc4c(c3)c3cc(Br)ccc3n4-c3ccccc3)cc2)cc1.O=Cc1ccc(OCCCCc2ccc(-c3ccc4c(c3)c3ccccc3n4-c3ccccc3)cc2)cc1.[2H]CF.[B]=NS. The van der Waals surface area contributed by atoms with Crippen LogP contribution in [0.4, 0.5) is 4.39 Å². The molecule has 12 rings (SSSR count). The van der Waals surface area contributed by atoms with Gasteiger partial charge in [0.25, 0.3) is 0 Å². The molecule has 0 atom stereocenters. The Hall–Kier alpha value is -8.64. The molecule has 1 radical (unpaired) electrons. The van der Waals surface area contributed by atoms with Gasteiger partial charge in [0.15, 0.2) is 0 Å². The predicted molar refractivity (Wildman–Crippen MR) is 345 cm³/mol. The van der Waals surface area contributed by atoms with Crippen LogP contribution in [-0.4, -0.2) is 49.7 Å². The molecule has 0 amide bonds. The maximum absolute atomic E-state index is 10.8. The Morgan fingerprint density at radius 3 is 1.28 bits per heavy atom. The van der Waals surface area contributed by atoms with Crippen LogP contribution in [0.5, 0.6) is 11.5 Å². The van der Waals surface area contributed by atoms with E-state index in [0.717, 1.165) is 72.8 Å². The summed E-state index contributed by atoms with van der Waals surface area (Å²) in [6, 6.07) is 82.3. The zero-order valence-electron chi connectivity index (χ0n) is 46.3. The minimum atomic E-state index is -1.00. The van der Waals surface area contributed by atoms with Crippen LogP contribution in [-0.2, 0) is 12.8 Å². The van der Waals surface area contributed by atoms with Gasteiger partial charge < -0.3 is 18.6 Å². The molecule has 0 spiro atoms. The quantitative estimate of drug-likeness (QED) is 0.0402. The molecule has 11 heteroatoms. The number of hydrogen-bond acceptors (Lipinski definition) is 6. The van der Waals surface area contributed by atoms with E-state index in [1.54, 1.807) is 24.3 Å². The number of para-hydroxylation sites is 3. The van der Waals surface area contributed by atoms with Crippen LogP contribution in [0.3, 0.4) is 0 Å². The molecular weight excluding hydrogens is 1100 g/mol. The summed E-state index contributed by atoms with van der Waals surface area (Å²) in [6.45, 7) is 1.35. The van der Waals surface area contributed by atoms with Crippen LogP contribution >= 0.6 is 28.7 Å². The van der Waals surface area contributed by atoms with Crippen LogP contribution < -0.4 is 9.47 Å². The van der Waals surface area contributed by atoms with E-state index in [4.69, 9.17) is 10.8 Å². The number of benzene rings is 10. The second-order valence-electron chi connectivity index (χ2n) is 19.5. The number of halogens is 2. The summed E-state index contributed by atoms with van der Waals surface area (Å²) >= 11 is 6.87. The molecule has 407 valence electrons. The van der Waals surface area contributed by atoms with Crippen molar-refractivity contribution in [2.45, 2.75) is 38.5 Å². The molecule has 0 saturated carbocycles. The van der Waals surface area contributed by atoms with E-state index in [-0.39, 0.29) is 0 Å². The fourth-order valence-electron chi connectivity index (χ4n) is 10.3. The van der Waals surface area contributed by atoms with Gasteiger partial charge in [0.05, 0.1) is 43.8 Å². The Morgan fingerprint density at radius 2 is 0.841 bits per heavy atom. The van der Waals surface area contributed by atoms with E-state index in [2.05, 4.69) is 238 Å². The summed E-state index contributed by atoms with van der Waals surface area (Å²) in [5.74, 6) is 1.62. The number of carbonyl (C=O) groups is 2. The van der Waals surface area contributed by atoms with Gasteiger partial charge >= 0.3 is 24.8 Å². The van der Waals surface area contributed by atoms with Crippen molar-refractivity contribution in [2.24, 2.45) is 4.30 Å². The van der Waals surface area contributed by atoms with Crippen molar-refractivity contribution in [3.63, 3.8) is 0 Å². The Kier molecular flexibility index (Phi) is 20.2. The standard InChI is InChI=1S/C35H28BrNO2.C35H29NO2.CH3F.BHNS/c36-29-16-20-35-33(23-29)32-22-28(15-19-34(32)37(35)30-7-2-1-3-8-30)27-13-9-25(10-14-27)6-4-5-21-39-31-17-11-26(24-38)12-18-31;37-25-27-15-20-31(21-16-27)38-23-7-6-8-26-13-17-28(18-14-26)29-19-22-35-33(24-29)32-11-4-5-12-34(32)36(35)30-9-2-1-3-10-30;1-2;1-2-3/h1-3,7-20,22-24H,4-6,21H2;1-5,9-22,24-25H,6-8,23H2;1H3;3H/i;;1D;. The minimum absolute atomic E-state index is 0.665. The molecule has 2 heterocycles. The van der Waals surface area contributed by atoms with E-state index >= 15 is 0 Å². The number of aryl methyl sites for hydroxylation is 2. The third-order valence-electron chi connectivity index (χ3n) is 14.3. The molecule has 0 N–H and O–H groups in total.